The van der Waals surface area contributed by atoms with Crippen molar-refractivity contribution in [2.75, 3.05) is 0 Å². The van der Waals surface area contributed by atoms with E-state index in [0.717, 1.165) is 6.42 Å². The average Bonchev–Trinajstić information content (AvgIpc) is 2.94. The van der Waals surface area contributed by atoms with Crippen molar-refractivity contribution in [3.63, 3.8) is 0 Å². The molecule has 1 unspecified atom stereocenters. The van der Waals surface area contributed by atoms with Crippen LogP contribution >= 0.6 is 0 Å². The van der Waals surface area contributed by atoms with E-state index in [9.17, 15) is 0 Å². The van der Waals surface area contributed by atoms with E-state index in [-0.39, 0.29) is 0 Å². The van der Waals surface area contributed by atoms with Gasteiger partial charge < -0.3 is 4.98 Å². The molecule has 5 rings (SSSR count). The zero-order valence-electron chi connectivity index (χ0n) is 12.6. The number of allylic oxidation sites excluding steroid dienone is 1. The Morgan fingerprint density at radius 1 is 0.909 bits per heavy atom. The van der Waals surface area contributed by atoms with Crippen LogP contribution in [0.5, 0.6) is 0 Å². The van der Waals surface area contributed by atoms with Gasteiger partial charge in [-0.1, -0.05) is 55.5 Å². The van der Waals surface area contributed by atoms with Crippen molar-refractivity contribution in [2.24, 2.45) is 0 Å². The molecule has 4 aromatic rings. The number of hydrogen-bond donors (Lipinski definition) is 1. The molecule has 1 heteroatoms. The van der Waals surface area contributed by atoms with Crippen LogP contribution in [0.4, 0.5) is 0 Å². The van der Waals surface area contributed by atoms with Crippen molar-refractivity contribution in [3.05, 3.63) is 65.7 Å². The first-order valence-electron chi connectivity index (χ1n) is 7.95. The molecule has 0 aliphatic heterocycles. The molecule has 1 aliphatic carbocycles. The third kappa shape index (κ3) is 1.48. The molecule has 0 saturated carbocycles. The van der Waals surface area contributed by atoms with E-state index >= 15 is 0 Å². The summed E-state index contributed by atoms with van der Waals surface area (Å²) in [5.74, 6) is 0.571. The molecule has 0 amide bonds. The van der Waals surface area contributed by atoms with Gasteiger partial charge in [-0.2, -0.15) is 0 Å². The molecule has 1 aromatic heterocycles. The monoisotopic (exact) mass is 283 g/mol. The molecule has 22 heavy (non-hydrogen) atoms. The highest BCUT2D eigenvalue weighted by molar-refractivity contribution is 6.21. The van der Waals surface area contributed by atoms with Crippen LogP contribution in [0.3, 0.4) is 0 Å². The molecular formula is C21H17N. The normalized spacial score (nSPS) is 17.4. The number of aromatic nitrogens is 1. The number of H-pyrrole nitrogens is 1. The van der Waals surface area contributed by atoms with E-state index in [2.05, 4.69) is 72.6 Å². The minimum Gasteiger partial charge on any atom is -0.354 e. The summed E-state index contributed by atoms with van der Waals surface area (Å²) in [6, 6.07) is 17.6. The summed E-state index contributed by atoms with van der Waals surface area (Å²) in [5.41, 5.74) is 5.37. The second-order valence-corrected chi connectivity index (χ2v) is 6.36. The molecule has 0 bridgehead atoms. The highest BCUT2D eigenvalue weighted by Crippen LogP contribution is 2.41. The maximum absolute atomic E-state index is 3.62. The molecule has 0 radical (unpaired) electrons. The van der Waals surface area contributed by atoms with Crippen molar-refractivity contribution < 1.29 is 0 Å². The van der Waals surface area contributed by atoms with Crippen LogP contribution in [-0.2, 0) is 0 Å². The third-order valence-corrected chi connectivity index (χ3v) is 5.01. The summed E-state index contributed by atoms with van der Waals surface area (Å²) in [7, 11) is 0. The number of benzene rings is 3. The third-order valence-electron chi connectivity index (χ3n) is 5.01. The lowest BCUT2D eigenvalue weighted by atomic mass is 9.85. The molecule has 1 atom stereocenters. The van der Waals surface area contributed by atoms with Gasteiger partial charge in [-0.3, -0.25) is 0 Å². The Kier molecular flexibility index (Phi) is 2.32. The highest BCUT2D eigenvalue weighted by atomic mass is 14.7. The van der Waals surface area contributed by atoms with E-state index in [1.54, 1.807) is 0 Å². The minimum absolute atomic E-state index is 0.571. The van der Waals surface area contributed by atoms with Crippen molar-refractivity contribution in [3.8, 4) is 0 Å². The summed E-state index contributed by atoms with van der Waals surface area (Å²) in [6.45, 7) is 2.34. The zero-order chi connectivity index (χ0) is 14.7. The van der Waals surface area contributed by atoms with E-state index < -0.39 is 0 Å². The number of rotatable bonds is 0. The quantitative estimate of drug-likeness (QED) is 0.407. The van der Waals surface area contributed by atoms with Gasteiger partial charge in [0, 0.05) is 21.8 Å². The molecule has 0 saturated heterocycles. The molecule has 0 fully saturated rings. The Bertz CT molecular complexity index is 1070. The fourth-order valence-electron chi connectivity index (χ4n) is 3.99. The lowest BCUT2D eigenvalue weighted by Gasteiger charge is -2.19. The number of hydrogen-bond acceptors (Lipinski definition) is 0. The Morgan fingerprint density at radius 3 is 2.68 bits per heavy atom. The molecule has 1 N–H and O–H groups in total. The van der Waals surface area contributed by atoms with Crippen molar-refractivity contribution in [1.82, 2.24) is 4.98 Å². The van der Waals surface area contributed by atoms with Gasteiger partial charge in [0.15, 0.2) is 0 Å². The maximum Gasteiger partial charge on any atom is 0.0471 e. The van der Waals surface area contributed by atoms with Crippen LogP contribution in [0.2, 0.25) is 0 Å². The summed E-state index contributed by atoms with van der Waals surface area (Å²) >= 11 is 0. The van der Waals surface area contributed by atoms with Crippen molar-refractivity contribution in [1.29, 1.82) is 0 Å². The zero-order valence-corrected chi connectivity index (χ0v) is 12.6. The van der Waals surface area contributed by atoms with Crippen molar-refractivity contribution >= 4 is 38.7 Å². The predicted octanol–water partition coefficient (Wildman–Crippen LogP) is 5.99. The Morgan fingerprint density at radius 2 is 1.73 bits per heavy atom. The van der Waals surface area contributed by atoms with Gasteiger partial charge in [0.2, 0.25) is 0 Å². The van der Waals surface area contributed by atoms with Gasteiger partial charge in [-0.05, 0) is 46.4 Å². The van der Waals surface area contributed by atoms with Crippen LogP contribution in [0.1, 0.15) is 30.4 Å². The van der Waals surface area contributed by atoms with E-state index in [1.807, 2.05) is 0 Å². The van der Waals surface area contributed by atoms with Crippen molar-refractivity contribution in [2.45, 2.75) is 19.3 Å². The van der Waals surface area contributed by atoms with Gasteiger partial charge in [-0.15, -0.1) is 0 Å². The minimum atomic E-state index is 0.571. The lowest BCUT2D eigenvalue weighted by Crippen LogP contribution is -2.00. The SMILES string of the molecule is CC1CC=Cc2ccc3[nH]c4ccc5ccccc5c4c3c21. The molecule has 1 nitrogen and oxygen atoms in total. The fraction of sp³-hybridized carbons (Fsp3) is 0.143. The number of fused-ring (bicyclic) bond motifs is 7. The smallest absolute Gasteiger partial charge is 0.0471 e. The van der Waals surface area contributed by atoms with Gasteiger partial charge in [0.1, 0.15) is 0 Å². The standard InChI is InChI=1S/C21H17N/c1-13-5-4-7-15-10-12-18-21(19(13)15)20-16-8-3-2-6-14(16)9-11-17(20)22-18/h2-4,6-13,22H,5H2,1H3. The molecular weight excluding hydrogens is 266 g/mol. The van der Waals surface area contributed by atoms with Gasteiger partial charge in [-0.25, -0.2) is 0 Å². The van der Waals surface area contributed by atoms with E-state index in [4.69, 9.17) is 0 Å². The van der Waals surface area contributed by atoms with E-state index in [0.29, 0.717) is 5.92 Å². The molecule has 106 valence electrons. The second kappa shape index (κ2) is 4.23. The Labute approximate surface area is 129 Å². The van der Waals surface area contributed by atoms with Gasteiger partial charge in [0.25, 0.3) is 0 Å². The van der Waals surface area contributed by atoms with Crippen LogP contribution in [-0.4, -0.2) is 4.98 Å². The first-order chi connectivity index (χ1) is 10.8. The van der Waals surface area contributed by atoms with Gasteiger partial charge >= 0.3 is 0 Å². The fourth-order valence-corrected chi connectivity index (χ4v) is 3.99. The first kappa shape index (κ1) is 12.0. The largest absolute Gasteiger partial charge is 0.354 e. The molecule has 1 heterocycles. The number of nitrogens with one attached hydrogen (secondary N) is 1. The molecule has 0 spiro atoms. The molecule has 3 aromatic carbocycles. The molecule has 1 aliphatic rings. The summed E-state index contributed by atoms with van der Waals surface area (Å²) in [4.78, 5) is 3.62. The lowest BCUT2D eigenvalue weighted by molar-refractivity contribution is 0.780. The van der Waals surface area contributed by atoms with E-state index in [1.165, 1.54) is 43.7 Å². The number of aromatic amines is 1. The van der Waals surface area contributed by atoms with Crippen LogP contribution < -0.4 is 0 Å². The summed E-state index contributed by atoms with van der Waals surface area (Å²) < 4.78 is 0. The van der Waals surface area contributed by atoms with Crippen LogP contribution in [0, 0.1) is 0 Å². The Balaban J connectivity index is 2.08. The second-order valence-electron chi connectivity index (χ2n) is 6.36. The Hall–Kier alpha value is -2.54. The highest BCUT2D eigenvalue weighted by Gasteiger charge is 2.19. The average molecular weight is 283 g/mol. The summed E-state index contributed by atoms with van der Waals surface area (Å²) in [6.07, 6.45) is 5.70. The maximum atomic E-state index is 3.62. The van der Waals surface area contributed by atoms with Gasteiger partial charge in [0.05, 0.1) is 0 Å². The van der Waals surface area contributed by atoms with Crippen LogP contribution in [0.15, 0.2) is 54.6 Å². The predicted molar refractivity (Wildman–Crippen MR) is 95.4 cm³/mol. The topological polar surface area (TPSA) is 15.8 Å². The van der Waals surface area contributed by atoms with Crippen LogP contribution in [0.25, 0.3) is 38.7 Å². The summed E-state index contributed by atoms with van der Waals surface area (Å²) in [5, 5.41) is 5.46. The first-order valence-corrected chi connectivity index (χ1v) is 7.95.